The second kappa shape index (κ2) is 9.30. The summed E-state index contributed by atoms with van der Waals surface area (Å²) in [4.78, 5) is 17.3. The number of ether oxygens (including phenoxy) is 2. The van der Waals surface area contributed by atoms with Gasteiger partial charge in [0.15, 0.2) is 23.1 Å². The summed E-state index contributed by atoms with van der Waals surface area (Å²) in [6, 6.07) is 15.2. The molecule has 1 amide bonds. The fourth-order valence-corrected chi connectivity index (χ4v) is 3.53. The van der Waals surface area contributed by atoms with Crippen molar-refractivity contribution in [1.82, 2.24) is 14.9 Å². The molecule has 0 fully saturated rings. The monoisotopic (exact) mass is 448 g/mol. The Balaban J connectivity index is 1.51. The molecule has 0 spiro atoms. The van der Waals surface area contributed by atoms with Crippen molar-refractivity contribution in [2.45, 2.75) is 20.0 Å². The van der Waals surface area contributed by atoms with Gasteiger partial charge in [0.2, 0.25) is 0 Å². The lowest BCUT2D eigenvalue weighted by Gasteiger charge is -2.13. The molecule has 0 aliphatic carbocycles. The molecule has 0 aliphatic rings. The minimum absolute atomic E-state index is 0.0158. The van der Waals surface area contributed by atoms with Crippen LogP contribution in [0.5, 0.6) is 17.2 Å². The molecule has 0 aliphatic heterocycles. The normalized spacial score (nSPS) is 10.9. The molecule has 0 bridgehead atoms. The molecule has 7 nitrogen and oxygen atoms in total. The Morgan fingerprint density at radius 1 is 1.06 bits per heavy atom. The molecule has 0 radical (unpaired) electrons. The second-order valence-corrected chi connectivity index (χ2v) is 7.66. The third-order valence-electron chi connectivity index (χ3n) is 5.50. The number of benzene rings is 3. The number of hydrogen-bond acceptors (Lipinski definition) is 5. The SMILES string of the molecule is COc1ccc(C(=O)NCc2ccc3c(c2)nc(C)n3C)cc1Oc1ccc(CN)cc1F. The lowest BCUT2D eigenvalue weighted by molar-refractivity contribution is 0.0950. The van der Waals surface area contributed by atoms with Crippen molar-refractivity contribution in [3.05, 3.63) is 82.9 Å². The molecule has 8 heteroatoms. The van der Waals surface area contributed by atoms with E-state index >= 15 is 0 Å². The van der Waals surface area contributed by atoms with E-state index in [0.717, 1.165) is 22.4 Å². The van der Waals surface area contributed by atoms with Crippen LogP contribution >= 0.6 is 0 Å². The van der Waals surface area contributed by atoms with Gasteiger partial charge >= 0.3 is 0 Å². The van der Waals surface area contributed by atoms with E-state index in [0.29, 0.717) is 23.4 Å². The topological polar surface area (TPSA) is 91.4 Å². The van der Waals surface area contributed by atoms with Crippen molar-refractivity contribution in [2.75, 3.05) is 7.11 Å². The first kappa shape index (κ1) is 22.3. The summed E-state index contributed by atoms with van der Waals surface area (Å²) in [5, 5.41) is 2.90. The number of halogens is 1. The minimum Gasteiger partial charge on any atom is -0.493 e. The molecule has 170 valence electrons. The fraction of sp³-hybridized carbons (Fsp3) is 0.200. The maximum atomic E-state index is 14.4. The number of nitrogens with two attached hydrogens (primary N) is 1. The highest BCUT2D eigenvalue weighted by molar-refractivity contribution is 5.95. The molecule has 1 aromatic heterocycles. The van der Waals surface area contributed by atoms with Gasteiger partial charge in [-0.2, -0.15) is 0 Å². The number of carbonyl (C=O) groups excluding carboxylic acids is 1. The fourth-order valence-electron chi connectivity index (χ4n) is 3.53. The van der Waals surface area contributed by atoms with E-state index in [2.05, 4.69) is 10.3 Å². The summed E-state index contributed by atoms with van der Waals surface area (Å²) in [7, 11) is 3.44. The molecule has 4 rings (SSSR count). The maximum Gasteiger partial charge on any atom is 0.251 e. The quantitative estimate of drug-likeness (QED) is 0.442. The van der Waals surface area contributed by atoms with Crippen LogP contribution in [0.2, 0.25) is 0 Å². The van der Waals surface area contributed by atoms with Crippen LogP contribution in [0, 0.1) is 12.7 Å². The molecular weight excluding hydrogens is 423 g/mol. The van der Waals surface area contributed by atoms with E-state index in [1.807, 2.05) is 36.7 Å². The van der Waals surface area contributed by atoms with Crippen LogP contribution in [0.4, 0.5) is 4.39 Å². The van der Waals surface area contributed by atoms with Gasteiger partial charge < -0.3 is 25.1 Å². The first-order valence-corrected chi connectivity index (χ1v) is 10.4. The second-order valence-electron chi connectivity index (χ2n) is 7.66. The molecule has 33 heavy (non-hydrogen) atoms. The third kappa shape index (κ3) is 4.65. The standard InChI is InChI=1S/C25H25FN4O3/c1-15-29-20-11-17(4-7-21(20)30(15)2)14-28-25(31)18-6-9-23(32-3)24(12-18)33-22-8-5-16(13-27)10-19(22)26/h4-12H,13-14,27H2,1-3H3,(H,28,31). The summed E-state index contributed by atoms with van der Waals surface area (Å²) in [6.45, 7) is 2.51. The van der Waals surface area contributed by atoms with Crippen molar-refractivity contribution in [2.24, 2.45) is 12.8 Å². The average molecular weight is 448 g/mol. The number of fused-ring (bicyclic) bond motifs is 1. The van der Waals surface area contributed by atoms with Crippen LogP contribution in [-0.4, -0.2) is 22.6 Å². The zero-order valence-corrected chi connectivity index (χ0v) is 18.7. The summed E-state index contributed by atoms with van der Waals surface area (Å²) < 4.78 is 27.4. The Labute approximate surface area is 190 Å². The van der Waals surface area contributed by atoms with E-state index in [9.17, 15) is 9.18 Å². The van der Waals surface area contributed by atoms with Gasteiger partial charge in [-0.25, -0.2) is 9.37 Å². The number of rotatable bonds is 7. The van der Waals surface area contributed by atoms with Gasteiger partial charge in [0.05, 0.1) is 18.1 Å². The number of methoxy groups -OCH3 is 1. The number of nitrogens with one attached hydrogen (secondary N) is 1. The van der Waals surface area contributed by atoms with Gasteiger partial charge in [-0.15, -0.1) is 0 Å². The molecule has 1 heterocycles. The highest BCUT2D eigenvalue weighted by atomic mass is 19.1. The van der Waals surface area contributed by atoms with Crippen molar-refractivity contribution in [3.63, 3.8) is 0 Å². The molecule has 0 unspecified atom stereocenters. The van der Waals surface area contributed by atoms with Gasteiger partial charge in [0, 0.05) is 25.7 Å². The highest BCUT2D eigenvalue weighted by Crippen LogP contribution is 2.34. The van der Waals surface area contributed by atoms with Crippen molar-refractivity contribution >= 4 is 16.9 Å². The lowest BCUT2D eigenvalue weighted by Crippen LogP contribution is -2.22. The zero-order chi connectivity index (χ0) is 23.5. The van der Waals surface area contributed by atoms with Crippen molar-refractivity contribution < 1.29 is 18.7 Å². The van der Waals surface area contributed by atoms with Gasteiger partial charge in [-0.3, -0.25) is 4.79 Å². The number of amides is 1. The summed E-state index contributed by atoms with van der Waals surface area (Å²) >= 11 is 0. The van der Waals surface area contributed by atoms with Crippen LogP contribution in [0.3, 0.4) is 0 Å². The maximum absolute atomic E-state index is 14.4. The average Bonchev–Trinajstić information content (AvgIpc) is 3.11. The van der Waals surface area contributed by atoms with Crippen molar-refractivity contribution in [3.8, 4) is 17.2 Å². The summed E-state index contributed by atoms with van der Waals surface area (Å²) in [6.07, 6.45) is 0. The van der Waals surface area contributed by atoms with E-state index in [-0.39, 0.29) is 24.0 Å². The van der Waals surface area contributed by atoms with E-state index in [4.69, 9.17) is 15.2 Å². The number of aromatic nitrogens is 2. The van der Waals surface area contributed by atoms with E-state index < -0.39 is 5.82 Å². The van der Waals surface area contributed by atoms with Gasteiger partial charge in [-0.05, 0) is 60.5 Å². The van der Waals surface area contributed by atoms with Gasteiger partial charge in [-0.1, -0.05) is 12.1 Å². The van der Waals surface area contributed by atoms with Gasteiger partial charge in [0.25, 0.3) is 5.91 Å². The largest absolute Gasteiger partial charge is 0.493 e. The zero-order valence-electron chi connectivity index (χ0n) is 18.7. The Hall–Kier alpha value is -3.91. The molecule has 0 atom stereocenters. The van der Waals surface area contributed by atoms with Crippen LogP contribution in [0.15, 0.2) is 54.6 Å². The molecule has 3 N–H and O–H groups in total. The number of carbonyl (C=O) groups is 1. The Morgan fingerprint density at radius 3 is 2.55 bits per heavy atom. The minimum atomic E-state index is -0.546. The van der Waals surface area contributed by atoms with Crippen LogP contribution < -0.4 is 20.5 Å². The predicted molar refractivity (Wildman–Crippen MR) is 124 cm³/mol. The molecule has 3 aromatic carbocycles. The number of hydrogen-bond donors (Lipinski definition) is 2. The Bertz CT molecular complexity index is 1330. The Morgan fingerprint density at radius 2 is 1.82 bits per heavy atom. The summed E-state index contributed by atoms with van der Waals surface area (Å²) in [5.74, 6) is 0.710. The number of imidazole rings is 1. The summed E-state index contributed by atoms with van der Waals surface area (Å²) in [5.41, 5.74) is 9.41. The predicted octanol–water partition coefficient (Wildman–Crippen LogP) is 4.21. The Kier molecular flexibility index (Phi) is 6.28. The van der Waals surface area contributed by atoms with Crippen LogP contribution in [-0.2, 0) is 20.1 Å². The lowest BCUT2D eigenvalue weighted by atomic mass is 10.1. The first-order valence-electron chi connectivity index (χ1n) is 10.4. The molecular formula is C25H25FN4O3. The number of nitrogens with zero attached hydrogens (tertiary/aromatic N) is 2. The molecule has 0 saturated heterocycles. The molecule has 4 aromatic rings. The smallest absolute Gasteiger partial charge is 0.251 e. The highest BCUT2D eigenvalue weighted by Gasteiger charge is 2.14. The van der Waals surface area contributed by atoms with E-state index in [1.54, 1.807) is 18.2 Å². The first-order chi connectivity index (χ1) is 15.9. The van der Waals surface area contributed by atoms with Gasteiger partial charge in [0.1, 0.15) is 5.82 Å². The van der Waals surface area contributed by atoms with E-state index in [1.165, 1.54) is 25.3 Å². The molecule has 0 saturated carbocycles. The van der Waals surface area contributed by atoms with Crippen LogP contribution in [0.25, 0.3) is 11.0 Å². The van der Waals surface area contributed by atoms with Crippen LogP contribution in [0.1, 0.15) is 27.3 Å². The van der Waals surface area contributed by atoms with Crippen molar-refractivity contribution in [1.29, 1.82) is 0 Å². The number of aryl methyl sites for hydroxylation is 2. The third-order valence-corrected chi connectivity index (χ3v) is 5.50.